The van der Waals surface area contributed by atoms with Crippen molar-refractivity contribution in [2.45, 2.75) is 31.7 Å². The molecule has 8 nitrogen and oxygen atoms in total. The Kier molecular flexibility index (Phi) is 8.30. The van der Waals surface area contributed by atoms with E-state index in [0.29, 0.717) is 21.4 Å². The van der Waals surface area contributed by atoms with Crippen molar-refractivity contribution in [1.82, 2.24) is 15.8 Å². The summed E-state index contributed by atoms with van der Waals surface area (Å²) >= 11 is 12.1. The fraction of sp³-hybridized carbons (Fsp3) is 0.192. The van der Waals surface area contributed by atoms with E-state index in [9.17, 15) is 14.4 Å². The molecule has 3 aromatic carbocycles. The molecule has 1 saturated heterocycles. The van der Waals surface area contributed by atoms with Gasteiger partial charge in [0.15, 0.2) is 0 Å². The molecular formula is C26H23Cl2N3O5. The van der Waals surface area contributed by atoms with Gasteiger partial charge in [-0.3, -0.25) is 15.0 Å². The number of hydrogen-bond acceptors (Lipinski definition) is 5. The minimum Gasteiger partial charge on any atom is -0.468 e. The van der Waals surface area contributed by atoms with Crippen molar-refractivity contribution >= 4 is 41.1 Å². The third-order valence-corrected chi connectivity index (χ3v) is 6.14. The van der Waals surface area contributed by atoms with Gasteiger partial charge in [-0.2, -0.15) is 0 Å². The lowest BCUT2D eigenvalue weighted by Gasteiger charge is -2.40. The van der Waals surface area contributed by atoms with Gasteiger partial charge in [0.05, 0.1) is 16.5 Å². The molecule has 3 amide bonds. The average molecular weight is 528 g/mol. The van der Waals surface area contributed by atoms with Gasteiger partial charge in [0.1, 0.15) is 18.4 Å². The molecule has 1 aliphatic heterocycles. The first kappa shape index (κ1) is 25.3. The number of carbonyl (C=O) groups excluding carboxylic acids is 3. The van der Waals surface area contributed by atoms with E-state index in [0.717, 1.165) is 10.6 Å². The number of rotatable bonds is 9. The highest BCUT2D eigenvalue weighted by molar-refractivity contribution is 6.42. The van der Waals surface area contributed by atoms with Crippen LogP contribution in [0.1, 0.15) is 17.5 Å². The SMILES string of the molecule is O=C(N[C@@H](Cc1ccc(Cl)c(Cl)c1)C(=O)NN1C(=O)CC1Oc1ccccc1)OCc1ccccc1. The zero-order valence-electron chi connectivity index (χ0n) is 19.0. The molecule has 1 fully saturated rings. The van der Waals surface area contributed by atoms with Crippen LogP contribution in [0, 0.1) is 0 Å². The maximum Gasteiger partial charge on any atom is 0.408 e. The van der Waals surface area contributed by atoms with E-state index in [2.05, 4.69) is 10.7 Å². The van der Waals surface area contributed by atoms with Gasteiger partial charge in [-0.15, -0.1) is 0 Å². The molecular weight excluding hydrogens is 505 g/mol. The number of nitrogens with zero attached hydrogens (tertiary/aromatic N) is 1. The summed E-state index contributed by atoms with van der Waals surface area (Å²) < 4.78 is 11.0. The summed E-state index contributed by atoms with van der Waals surface area (Å²) in [6.07, 6.45) is -1.26. The number of ether oxygens (including phenoxy) is 2. The molecule has 1 unspecified atom stereocenters. The maximum atomic E-state index is 13.2. The Hall–Kier alpha value is -3.75. The predicted molar refractivity (Wildman–Crippen MR) is 134 cm³/mol. The first-order valence-electron chi connectivity index (χ1n) is 11.1. The third kappa shape index (κ3) is 6.68. The maximum absolute atomic E-state index is 13.2. The van der Waals surface area contributed by atoms with E-state index in [4.69, 9.17) is 32.7 Å². The number of alkyl carbamates (subject to hydrolysis) is 1. The summed E-state index contributed by atoms with van der Waals surface area (Å²) in [7, 11) is 0. The van der Waals surface area contributed by atoms with Gasteiger partial charge in [0.2, 0.25) is 12.1 Å². The van der Waals surface area contributed by atoms with E-state index >= 15 is 0 Å². The zero-order chi connectivity index (χ0) is 25.5. The van der Waals surface area contributed by atoms with E-state index < -0.39 is 24.3 Å². The molecule has 0 spiro atoms. The lowest BCUT2D eigenvalue weighted by Crippen LogP contribution is -2.65. The van der Waals surface area contributed by atoms with Crippen LogP contribution < -0.4 is 15.5 Å². The van der Waals surface area contributed by atoms with Crippen LogP contribution in [0.3, 0.4) is 0 Å². The van der Waals surface area contributed by atoms with Gasteiger partial charge in [-0.25, -0.2) is 9.80 Å². The topological polar surface area (TPSA) is 97.0 Å². The summed E-state index contributed by atoms with van der Waals surface area (Å²) in [5.74, 6) is -0.374. The van der Waals surface area contributed by atoms with Crippen molar-refractivity contribution in [3.05, 3.63) is 100 Å². The Morgan fingerprint density at radius 2 is 1.64 bits per heavy atom. The van der Waals surface area contributed by atoms with Crippen LogP contribution in [0.25, 0.3) is 0 Å². The normalized spacial score (nSPS) is 15.4. The van der Waals surface area contributed by atoms with Crippen molar-refractivity contribution in [3.8, 4) is 5.75 Å². The summed E-state index contributed by atoms with van der Waals surface area (Å²) in [5, 5.41) is 4.36. The van der Waals surface area contributed by atoms with Crippen molar-refractivity contribution in [2.75, 3.05) is 0 Å². The van der Waals surface area contributed by atoms with E-state index in [-0.39, 0.29) is 25.4 Å². The second-order valence-electron chi connectivity index (χ2n) is 8.04. The van der Waals surface area contributed by atoms with E-state index in [1.54, 1.807) is 42.5 Å². The molecule has 0 aromatic heterocycles. The molecule has 3 aromatic rings. The van der Waals surface area contributed by atoms with Crippen LogP contribution in [0.4, 0.5) is 4.79 Å². The molecule has 2 atom stereocenters. The highest BCUT2D eigenvalue weighted by Gasteiger charge is 2.40. The number of benzene rings is 3. The second-order valence-corrected chi connectivity index (χ2v) is 8.86. The Morgan fingerprint density at radius 3 is 2.31 bits per heavy atom. The van der Waals surface area contributed by atoms with Crippen LogP contribution in [-0.2, 0) is 27.4 Å². The fourth-order valence-electron chi connectivity index (χ4n) is 3.49. The van der Waals surface area contributed by atoms with Crippen molar-refractivity contribution in [3.63, 3.8) is 0 Å². The summed E-state index contributed by atoms with van der Waals surface area (Å²) in [4.78, 5) is 37.9. The Morgan fingerprint density at radius 1 is 0.944 bits per heavy atom. The standard InChI is InChI=1S/C26H23Cl2N3O5/c27-20-12-11-18(13-21(20)28)14-22(29-26(34)35-16-17-7-3-1-4-8-17)25(33)30-31-23(32)15-24(31)36-19-9-5-2-6-10-19/h1-13,22,24H,14-16H2,(H,29,34)(H,30,33)/t22-,24?/m0/s1. The lowest BCUT2D eigenvalue weighted by atomic mass is 10.1. The monoisotopic (exact) mass is 527 g/mol. The zero-order valence-corrected chi connectivity index (χ0v) is 20.5. The van der Waals surface area contributed by atoms with E-state index in [1.165, 1.54) is 0 Å². The molecule has 0 aliphatic carbocycles. The molecule has 1 aliphatic rings. The number of hydrogen-bond donors (Lipinski definition) is 2. The quantitative estimate of drug-likeness (QED) is 0.399. The Bertz CT molecular complexity index is 1230. The molecule has 186 valence electrons. The number of carbonyl (C=O) groups is 3. The predicted octanol–water partition coefficient (Wildman–Crippen LogP) is 4.50. The van der Waals surface area contributed by atoms with Crippen LogP contribution >= 0.6 is 23.2 Å². The fourth-order valence-corrected chi connectivity index (χ4v) is 3.81. The largest absolute Gasteiger partial charge is 0.468 e. The van der Waals surface area contributed by atoms with Gasteiger partial charge in [-0.1, -0.05) is 77.8 Å². The summed E-state index contributed by atoms with van der Waals surface area (Å²) in [6.45, 7) is 0.0331. The lowest BCUT2D eigenvalue weighted by molar-refractivity contribution is -0.173. The number of para-hydroxylation sites is 1. The van der Waals surface area contributed by atoms with Gasteiger partial charge in [0.25, 0.3) is 5.91 Å². The second kappa shape index (κ2) is 11.8. The number of nitrogens with one attached hydrogen (secondary N) is 2. The van der Waals surface area contributed by atoms with Crippen molar-refractivity contribution in [2.24, 2.45) is 0 Å². The molecule has 0 radical (unpaired) electrons. The summed E-state index contributed by atoms with van der Waals surface area (Å²) in [5.41, 5.74) is 4.00. The van der Waals surface area contributed by atoms with E-state index in [1.807, 2.05) is 36.4 Å². The van der Waals surface area contributed by atoms with Crippen LogP contribution in [0.2, 0.25) is 10.0 Å². The molecule has 0 bridgehead atoms. The Balaban J connectivity index is 1.43. The number of β-lactam (4-membered cyclic amide) rings is 1. The highest BCUT2D eigenvalue weighted by Crippen LogP contribution is 2.24. The van der Waals surface area contributed by atoms with Crippen LogP contribution in [0.5, 0.6) is 5.75 Å². The Labute approximate surface area is 218 Å². The molecule has 36 heavy (non-hydrogen) atoms. The van der Waals surface area contributed by atoms with Gasteiger partial charge < -0.3 is 14.8 Å². The van der Waals surface area contributed by atoms with Crippen molar-refractivity contribution in [1.29, 1.82) is 0 Å². The molecule has 1 heterocycles. The third-order valence-electron chi connectivity index (χ3n) is 5.40. The minimum atomic E-state index is -1.07. The van der Waals surface area contributed by atoms with Crippen molar-refractivity contribution < 1.29 is 23.9 Å². The molecule has 10 heteroatoms. The average Bonchev–Trinajstić information content (AvgIpc) is 2.88. The van der Waals surface area contributed by atoms with Gasteiger partial charge >= 0.3 is 6.09 Å². The molecule has 0 saturated carbocycles. The number of hydrazine groups is 1. The minimum absolute atomic E-state index is 0.0331. The number of halogens is 2. The summed E-state index contributed by atoms with van der Waals surface area (Å²) in [6, 6.07) is 21.9. The smallest absolute Gasteiger partial charge is 0.408 e. The van der Waals surface area contributed by atoms with Crippen LogP contribution in [0.15, 0.2) is 78.9 Å². The first-order chi connectivity index (χ1) is 17.4. The number of amides is 3. The van der Waals surface area contributed by atoms with Crippen LogP contribution in [-0.4, -0.2) is 35.2 Å². The highest BCUT2D eigenvalue weighted by atomic mass is 35.5. The molecule has 4 rings (SSSR count). The van der Waals surface area contributed by atoms with Gasteiger partial charge in [0, 0.05) is 6.42 Å². The first-order valence-corrected chi connectivity index (χ1v) is 11.9. The molecule has 2 N–H and O–H groups in total. The van der Waals surface area contributed by atoms with Gasteiger partial charge in [-0.05, 0) is 35.4 Å².